The van der Waals surface area contributed by atoms with E-state index >= 15 is 0 Å². The quantitative estimate of drug-likeness (QED) is 0.608. The molecule has 0 bridgehead atoms. The van der Waals surface area contributed by atoms with Gasteiger partial charge in [-0.05, 0) is 39.4 Å². The molecule has 1 N–H and O–H groups in total. The maximum atomic E-state index is 11.4. The molecule has 1 fully saturated rings. The van der Waals surface area contributed by atoms with E-state index in [1.807, 2.05) is 20.8 Å². The lowest BCUT2D eigenvalue weighted by Gasteiger charge is -2.22. The van der Waals surface area contributed by atoms with Gasteiger partial charge in [0.1, 0.15) is 5.60 Å². The van der Waals surface area contributed by atoms with E-state index in [4.69, 9.17) is 4.74 Å². The zero-order chi connectivity index (χ0) is 12.7. The molecule has 0 aromatic heterocycles. The first-order valence-corrected chi connectivity index (χ1v) is 7.56. The van der Waals surface area contributed by atoms with Gasteiger partial charge in [0.25, 0.3) is 0 Å². The number of thioether (sulfide) groups is 1. The fourth-order valence-corrected chi connectivity index (χ4v) is 3.09. The Hall–Kier alpha value is -0.220. The van der Waals surface area contributed by atoms with Crippen LogP contribution in [0.5, 0.6) is 0 Å². The van der Waals surface area contributed by atoms with Gasteiger partial charge in [-0.1, -0.05) is 6.42 Å². The first-order valence-electron chi connectivity index (χ1n) is 6.51. The highest BCUT2D eigenvalue weighted by Crippen LogP contribution is 2.24. The molecule has 0 aromatic carbocycles. The molecule has 0 aromatic rings. The molecule has 0 radical (unpaired) electrons. The number of esters is 1. The molecule has 1 atom stereocenters. The van der Waals surface area contributed by atoms with E-state index in [1.165, 1.54) is 25.0 Å². The van der Waals surface area contributed by atoms with E-state index < -0.39 is 0 Å². The van der Waals surface area contributed by atoms with Crippen molar-refractivity contribution in [2.45, 2.75) is 57.3 Å². The number of carbonyl (C=O) groups is 1. The summed E-state index contributed by atoms with van der Waals surface area (Å²) >= 11 is 2.05. The lowest BCUT2D eigenvalue weighted by Crippen LogP contribution is -2.30. The maximum Gasteiger partial charge on any atom is 0.307 e. The average molecular weight is 259 g/mol. The third-order valence-corrected chi connectivity index (χ3v) is 3.97. The van der Waals surface area contributed by atoms with Crippen molar-refractivity contribution in [3.63, 3.8) is 0 Å². The summed E-state index contributed by atoms with van der Waals surface area (Å²) in [4.78, 5) is 11.4. The van der Waals surface area contributed by atoms with Crippen LogP contribution in [0.2, 0.25) is 0 Å². The second-order valence-corrected chi connectivity index (χ2v) is 6.94. The van der Waals surface area contributed by atoms with Crippen LogP contribution in [-0.4, -0.2) is 35.7 Å². The van der Waals surface area contributed by atoms with Crippen molar-refractivity contribution in [1.82, 2.24) is 5.32 Å². The van der Waals surface area contributed by atoms with Crippen molar-refractivity contribution in [1.29, 1.82) is 0 Å². The zero-order valence-corrected chi connectivity index (χ0v) is 12.1. The van der Waals surface area contributed by atoms with Crippen LogP contribution in [0.1, 0.15) is 46.5 Å². The molecule has 1 aliphatic heterocycles. The third kappa shape index (κ3) is 7.66. The van der Waals surface area contributed by atoms with Gasteiger partial charge < -0.3 is 10.1 Å². The monoisotopic (exact) mass is 259 g/mol. The Labute approximate surface area is 109 Å². The molecule has 0 aliphatic carbocycles. The summed E-state index contributed by atoms with van der Waals surface area (Å²) in [5.74, 6) is 1.18. The molecular formula is C13H25NO2S. The first-order chi connectivity index (χ1) is 7.97. The van der Waals surface area contributed by atoms with E-state index in [2.05, 4.69) is 17.1 Å². The van der Waals surface area contributed by atoms with Crippen molar-refractivity contribution in [2.24, 2.45) is 0 Å². The fourth-order valence-electron chi connectivity index (χ4n) is 1.81. The van der Waals surface area contributed by atoms with Crippen LogP contribution in [0.3, 0.4) is 0 Å². The SMILES string of the molecule is CC(C)(C)OC(=O)CCNCC1CCCCS1. The van der Waals surface area contributed by atoms with Crippen molar-refractivity contribution in [3.8, 4) is 0 Å². The number of hydrogen-bond donors (Lipinski definition) is 1. The predicted octanol–water partition coefficient (Wildman–Crippen LogP) is 2.59. The Morgan fingerprint density at radius 3 is 2.76 bits per heavy atom. The van der Waals surface area contributed by atoms with E-state index in [0.717, 1.165) is 18.3 Å². The van der Waals surface area contributed by atoms with Gasteiger partial charge in [0.15, 0.2) is 0 Å². The molecule has 1 saturated heterocycles. The highest BCUT2D eigenvalue weighted by atomic mass is 32.2. The van der Waals surface area contributed by atoms with E-state index in [-0.39, 0.29) is 11.6 Å². The fraction of sp³-hybridized carbons (Fsp3) is 0.923. The molecule has 100 valence electrons. The van der Waals surface area contributed by atoms with Crippen LogP contribution in [-0.2, 0) is 9.53 Å². The van der Waals surface area contributed by atoms with E-state index in [0.29, 0.717) is 6.42 Å². The Kier molecular flexibility index (Phi) is 6.34. The molecule has 17 heavy (non-hydrogen) atoms. The minimum absolute atomic E-state index is 0.110. The summed E-state index contributed by atoms with van der Waals surface area (Å²) < 4.78 is 5.25. The number of nitrogens with one attached hydrogen (secondary N) is 1. The lowest BCUT2D eigenvalue weighted by atomic mass is 10.2. The standard InChI is InChI=1S/C13H25NO2S/c1-13(2,3)16-12(15)7-8-14-10-11-6-4-5-9-17-11/h11,14H,4-10H2,1-3H3. The molecule has 1 heterocycles. The van der Waals surface area contributed by atoms with Gasteiger partial charge in [-0.15, -0.1) is 0 Å². The summed E-state index contributed by atoms with van der Waals surface area (Å²) in [6, 6.07) is 0. The summed E-state index contributed by atoms with van der Waals surface area (Å²) in [5.41, 5.74) is -0.365. The summed E-state index contributed by atoms with van der Waals surface area (Å²) in [5, 5.41) is 4.09. The lowest BCUT2D eigenvalue weighted by molar-refractivity contribution is -0.154. The molecule has 1 unspecified atom stereocenters. The largest absolute Gasteiger partial charge is 0.460 e. The predicted molar refractivity (Wildman–Crippen MR) is 73.4 cm³/mol. The Bertz CT molecular complexity index is 232. The van der Waals surface area contributed by atoms with Gasteiger partial charge in [0, 0.05) is 18.3 Å². The Morgan fingerprint density at radius 2 is 2.18 bits per heavy atom. The highest BCUT2D eigenvalue weighted by Gasteiger charge is 2.16. The van der Waals surface area contributed by atoms with Crippen molar-refractivity contribution < 1.29 is 9.53 Å². The van der Waals surface area contributed by atoms with Crippen LogP contribution >= 0.6 is 11.8 Å². The van der Waals surface area contributed by atoms with Crippen molar-refractivity contribution >= 4 is 17.7 Å². The summed E-state index contributed by atoms with van der Waals surface area (Å²) in [6.07, 6.45) is 4.49. The number of hydrogen-bond acceptors (Lipinski definition) is 4. The van der Waals surface area contributed by atoms with Gasteiger partial charge >= 0.3 is 5.97 Å². The van der Waals surface area contributed by atoms with Crippen molar-refractivity contribution in [3.05, 3.63) is 0 Å². The third-order valence-electron chi connectivity index (χ3n) is 2.57. The van der Waals surface area contributed by atoms with E-state index in [9.17, 15) is 4.79 Å². The van der Waals surface area contributed by atoms with Crippen molar-refractivity contribution in [2.75, 3.05) is 18.8 Å². The maximum absolute atomic E-state index is 11.4. The molecule has 4 heteroatoms. The van der Waals surface area contributed by atoms with Crippen LogP contribution in [0.25, 0.3) is 0 Å². The van der Waals surface area contributed by atoms with Gasteiger partial charge in [-0.25, -0.2) is 0 Å². The minimum Gasteiger partial charge on any atom is -0.460 e. The molecule has 0 spiro atoms. The number of carbonyl (C=O) groups excluding carboxylic acids is 1. The molecule has 1 rings (SSSR count). The van der Waals surface area contributed by atoms with Gasteiger partial charge in [-0.3, -0.25) is 4.79 Å². The second-order valence-electron chi connectivity index (χ2n) is 5.53. The highest BCUT2D eigenvalue weighted by molar-refractivity contribution is 7.99. The second kappa shape index (κ2) is 7.27. The number of ether oxygens (including phenoxy) is 1. The smallest absolute Gasteiger partial charge is 0.307 e. The number of rotatable bonds is 5. The molecule has 0 amide bonds. The average Bonchev–Trinajstić information content (AvgIpc) is 2.23. The first kappa shape index (κ1) is 14.8. The van der Waals surface area contributed by atoms with Crippen LogP contribution in [0.4, 0.5) is 0 Å². The van der Waals surface area contributed by atoms with E-state index in [1.54, 1.807) is 0 Å². The molecular weight excluding hydrogens is 234 g/mol. The molecule has 3 nitrogen and oxygen atoms in total. The van der Waals surface area contributed by atoms with Gasteiger partial charge in [0.05, 0.1) is 6.42 Å². The Balaban J connectivity index is 2.01. The molecule has 0 saturated carbocycles. The normalized spacial score (nSPS) is 21.2. The summed E-state index contributed by atoms with van der Waals surface area (Å²) in [7, 11) is 0. The van der Waals surface area contributed by atoms with Crippen LogP contribution in [0.15, 0.2) is 0 Å². The zero-order valence-electron chi connectivity index (χ0n) is 11.3. The van der Waals surface area contributed by atoms with Crippen LogP contribution in [0, 0.1) is 0 Å². The van der Waals surface area contributed by atoms with Crippen LogP contribution < -0.4 is 5.32 Å². The van der Waals surface area contributed by atoms with Gasteiger partial charge in [0.2, 0.25) is 0 Å². The minimum atomic E-state index is -0.365. The van der Waals surface area contributed by atoms with Gasteiger partial charge in [-0.2, -0.15) is 11.8 Å². The topological polar surface area (TPSA) is 38.3 Å². The molecule has 1 aliphatic rings. The Morgan fingerprint density at radius 1 is 1.41 bits per heavy atom. The summed E-state index contributed by atoms with van der Waals surface area (Å²) in [6.45, 7) is 7.45.